The summed E-state index contributed by atoms with van der Waals surface area (Å²) in [7, 11) is 0. The van der Waals surface area contributed by atoms with E-state index >= 15 is 0 Å². The molecule has 5 heteroatoms. The minimum Gasteiger partial charge on any atom is -0.327 e. The van der Waals surface area contributed by atoms with E-state index in [1.165, 1.54) is 17.8 Å². The van der Waals surface area contributed by atoms with E-state index in [1.807, 2.05) is 6.92 Å². The lowest BCUT2D eigenvalue weighted by Crippen LogP contribution is -2.18. The van der Waals surface area contributed by atoms with Crippen LogP contribution in [-0.2, 0) is 0 Å². The van der Waals surface area contributed by atoms with Crippen molar-refractivity contribution in [3.8, 4) is 0 Å². The summed E-state index contributed by atoms with van der Waals surface area (Å²) in [5.41, 5.74) is 6.20. The highest BCUT2D eigenvalue weighted by Gasteiger charge is 2.00. The fourth-order valence-electron chi connectivity index (χ4n) is 0.830. The zero-order valence-corrected chi connectivity index (χ0v) is 8.52. The molecule has 3 N–H and O–H groups in total. The Kier molecular flexibility index (Phi) is 3.50. The second-order valence-electron chi connectivity index (χ2n) is 2.98. The molecule has 0 aromatic carbocycles. The lowest BCUT2D eigenvalue weighted by atomic mass is 10.4. The summed E-state index contributed by atoms with van der Waals surface area (Å²) in [5.74, 6) is 0.756. The molecule has 1 atom stereocenters. The topological polar surface area (TPSA) is 71.8 Å². The van der Waals surface area contributed by atoms with E-state index in [0.717, 1.165) is 11.4 Å². The molecular weight excluding hydrogens is 186 g/mol. The summed E-state index contributed by atoms with van der Waals surface area (Å²) in [4.78, 5) is 17.8. The van der Waals surface area contributed by atoms with Gasteiger partial charge in [0.2, 0.25) is 0 Å². The second-order valence-corrected chi connectivity index (χ2v) is 3.99. The van der Waals surface area contributed by atoms with Gasteiger partial charge >= 0.3 is 0 Å². The number of thioether (sulfide) groups is 1. The molecule has 0 radical (unpaired) electrons. The van der Waals surface area contributed by atoms with E-state index in [1.54, 1.807) is 6.92 Å². The van der Waals surface area contributed by atoms with Gasteiger partial charge in [-0.2, -0.15) is 0 Å². The Labute approximate surface area is 81.0 Å². The van der Waals surface area contributed by atoms with Crippen LogP contribution in [0.4, 0.5) is 0 Å². The van der Waals surface area contributed by atoms with Gasteiger partial charge in [-0.05, 0) is 13.8 Å². The zero-order chi connectivity index (χ0) is 9.84. The number of hydrogen-bond acceptors (Lipinski definition) is 4. The van der Waals surface area contributed by atoms with Crippen molar-refractivity contribution in [2.24, 2.45) is 5.73 Å². The van der Waals surface area contributed by atoms with Crippen LogP contribution in [0.1, 0.15) is 12.6 Å². The molecule has 0 saturated carbocycles. The fraction of sp³-hybridized carbons (Fsp3) is 0.500. The van der Waals surface area contributed by atoms with Crippen LogP contribution in [0.2, 0.25) is 0 Å². The maximum atomic E-state index is 11.0. The van der Waals surface area contributed by atoms with Crippen molar-refractivity contribution < 1.29 is 0 Å². The molecule has 0 spiro atoms. The third-order valence-corrected chi connectivity index (χ3v) is 2.49. The van der Waals surface area contributed by atoms with E-state index in [4.69, 9.17) is 5.73 Å². The van der Waals surface area contributed by atoms with Crippen LogP contribution in [0, 0.1) is 6.92 Å². The maximum absolute atomic E-state index is 11.0. The van der Waals surface area contributed by atoms with Crippen molar-refractivity contribution in [2.45, 2.75) is 25.0 Å². The SMILES string of the molecule is Cc1cc(=O)[nH]c(SC[C@H](C)N)n1. The van der Waals surface area contributed by atoms with Gasteiger partial charge in [-0.1, -0.05) is 11.8 Å². The predicted molar refractivity (Wildman–Crippen MR) is 54.0 cm³/mol. The quantitative estimate of drug-likeness (QED) is 0.550. The largest absolute Gasteiger partial charge is 0.327 e. The van der Waals surface area contributed by atoms with Crippen molar-refractivity contribution >= 4 is 11.8 Å². The normalized spacial score (nSPS) is 12.8. The number of nitrogens with two attached hydrogens (primary N) is 1. The Balaban J connectivity index is 2.72. The number of aromatic nitrogens is 2. The van der Waals surface area contributed by atoms with E-state index in [2.05, 4.69) is 9.97 Å². The van der Waals surface area contributed by atoms with Gasteiger partial charge in [-0.3, -0.25) is 4.79 Å². The van der Waals surface area contributed by atoms with Crippen molar-refractivity contribution in [1.29, 1.82) is 0 Å². The molecule has 0 saturated heterocycles. The van der Waals surface area contributed by atoms with Gasteiger partial charge in [0.05, 0.1) is 0 Å². The third-order valence-electron chi connectivity index (χ3n) is 1.33. The number of nitrogens with one attached hydrogen (secondary N) is 1. The average molecular weight is 199 g/mol. The summed E-state index contributed by atoms with van der Waals surface area (Å²) >= 11 is 1.47. The van der Waals surface area contributed by atoms with Gasteiger partial charge < -0.3 is 10.7 Å². The number of aryl methyl sites for hydroxylation is 1. The first-order chi connectivity index (χ1) is 6.08. The number of rotatable bonds is 3. The van der Waals surface area contributed by atoms with Gasteiger partial charge in [0, 0.05) is 23.6 Å². The molecule has 0 aliphatic carbocycles. The fourth-order valence-corrected chi connectivity index (χ4v) is 1.63. The molecule has 0 unspecified atom stereocenters. The standard InChI is InChI=1S/C8H13N3OS/c1-5(9)4-13-8-10-6(2)3-7(12)11-8/h3,5H,4,9H2,1-2H3,(H,10,11,12)/t5-/m0/s1. The lowest BCUT2D eigenvalue weighted by Gasteiger charge is -2.03. The summed E-state index contributed by atoms with van der Waals surface area (Å²) in [6, 6.07) is 1.58. The summed E-state index contributed by atoms with van der Waals surface area (Å²) in [6.45, 7) is 3.71. The highest BCUT2D eigenvalue weighted by atomic mass is 32.2. The Morgan fingerprint density at radius 2 is 2.46 bits per heavy atom. The number of H-pyrrole nitrogens is 1. The van der Waals surface area contributed by atoms with Crippen molar-refractivity contribution in [2.75, 3.05) is 5.75 Å². The number of aromatic amines is 1. The van der Waals surface area contributed by atoms with Crippen LogP contribution in [0.3, 0.4) is 0 Å². The highest BCUT2D eigenvalue weighted by Crippen LogP contribution is 2.11. The van der Waals surface area contributed by atoms with Gasteiger partial charge in [0.1, 0.15) is 0 Å². The first kappa shape index (κ1) is 10.3. The Morgan fingerprint density at radius 3 is 3.00 bits per heavy atom. The Bertz CT molecular complexity index is 334. The van der Waals surface area contributed by atoms with E-state index in [-0.39, 0.29) is 11.6 Å². The Hall–Kier alpha value is -0.810. The van der Waals surface area contributed by atoms with Crippen LogP contribution in [0.5, 0.6) is 0 Å². The van der Waals surface area contributed by atoms with Gasteiger partial charge in [-0.25, -0.2) is 4.98 Å². The van der Waals surface area contributed by atoms with E-state index < -0.39 is 0 Å². The van der Waals surface area contributed by atoms with Gasteiger partial charge in [-0.15, -0.1) is 0 Å². The first-order valence-corrected chi connectivity index (χ1v) is 5.03. The van der Waals surface area contributed by atoms with E-state index in [9.17, 15) is 4.79 Å². The van der Waals surface area contributed by atoms with Crippen molar-refractivity contribution in [3.05, 3.63) is 22.1 Å². The number of nitrogens with zero attached hydrogens (tertiary/aromatic N) is 1. The zero-order valence-electron chi connectivity index (χ0n) is 7.70. The van der Waals surface area contributed by atoms with Crippen LogP contribution in [0.25, 0.3) is 0 Å². The molecule has 0 amide bonds. The molecule has 1 heterocycles. The second kappa shape index (κ2) is 4.43. The first-order valence-electron chi connectivity index (χ1n) is 4.04. The molecule has 1 aromatic rings. The minimum absolute atomic E-state index is 0.107. The van der Waals surface area contributed by atoms with Crippen molar-refractivity contribution in [1.82, 2.24) is 9.97 Å². The van der Waals surface area contributed by atoms with Crippen LogP contribution < -0.4 is 11.3 Å². The van der Waals surface area contributed by atoms with Gasteiger partial charge in [0.25, 0.3) is 5.56 Å². The molecule has 13 heavy (non-hydrogen) atoms. The van der Waals surface area contributed by atoms with Gasteiger partial charge in [0.15, 0.2) is 5.16 Å². The van der Waals surface area contributed by atoms with Crippen LogP contribution in [0.15, 0.2) is 16.0 Å². The molecule has 72 valence electrons. The number of hydrogen-bond donors (Lipinski definition) is 2. The molecule has 0 fully saturated rings. The summed E-state index contributed by atoms with van der Waals surface area (Å²) in [6.07, 6.45) is 0. The van der Waals surface area contributed by atoms with Crippen LogP contribution >= 0.6 is 11.8 Å². The highest BCUT2D eigenvalue weighted by molar-refractivity contribution is 7.99. The monoisotopic (exact) mass is 199 g/mol. The van der Waals surface area contributed by atoms with Crippen LogP contribution in [-0.4, -0.2) is 21.8 Å². The Morgan fingerprint density at radius 1 is 1.77 bits per heavy atom. The molecular formula is C8H13N3OS. The third kappa shape index (κ3) is 3.61. The molecule has 0 aliphatic heterocycles. The van der Waals surface area contributed by atoms with Crippen molar-refractivity contribution in [3.63, 3.8) is 0 Å². The minimum atomic E-state index is -0.111. The molecule has 1 rings (SSSR count). The maximum Gasteiger partial charge on any atom is 0.251 e. The van der Waals surface area contributed by atoms with E-state index in [0.29, 0.717) is 5.16 Å². The predicted octanol–water partition coefficient (Wildman–Crippen LogP) is 0.518. The summed E-state index contributed by atoms with van der Waals surface area (Å²) < 4.78 is 0. The molecule has 0 bridgehead atoms. The lowest BCUT2D eigenvalue weighted by molar-refractivity contribution is 0.837. The molecule has 1 aromatic heterocycles. The average Bonchev–Trinajstić information content (AvgIpc) is 1.99. The molecule has 0 aliphatic rings. The smallest absolute Gasteiger partial charge is 0.251 e. The molecule has 4 nitrogen and oxygen atoms in total. The summed E-state index contributed by atoms with van der Waals surface area (Å²) in [5, 5.41) is 0.641.